The molecule has 0 unspecified atom stereocenters. The third-order valence-corrected chi connectivity index (χ3v) is 4.46. The largest absolute Gasteiger partial charge is 0.367 e. The van der Waals surface area contributed by atoms with E-state index in [9.17, 15) is 9.59 Å². The monoisotopic (exact) mass is 304 g/mol. The van der Waals surface area contributed by atoms with Gasteiger partial charge in [-0.05, 0) is 31.9 Å². The van der Waals surface area contributed by atoms with Crippen LogP contribution in [-0.2, 0) is 9.59 Å². The van der Waals surface area contributed by atoms with Gasteiger partial charge in [0, 0.05) is 10.7 Å². The van der Waals surface area contributed by atoms with Crippen molar-refractivity contribution in [3.63, 3.8) is 0 Å². The molecule has 1 saturated heterocycles. The molecule has 3 rings (SSSR count). The van der Waals surface area contributed by atoms with Gasteiger partial charge >= 0.3 is 0 Å². The number of allylic oxidation sites excluding steroid dienone is 2. The summed E-state index contributed by atoms with van der Waals surface area (Å²) in [6, 6.07) is 7.84. The molecule has 1 aromatic rings. The standard InChI is InChI=1S/C16H17ClN2O2/c1-10-2-5-12(6-3-10)18-9-19-15(20)13-7-4-11(17)8-14(13)16(19)21/h2-6,13-14,18H,7-9H2,1H3/t13-,14-/m1/s1. The Labute approximate surface area is 128 Å². The zero-order valence-electron chi connectivity index (χ0n) is 11.8. The molecule has 2 aliphatic rings. The second-order valence-corrected chi connectivity index (χ2v) is 6.09. The highest BCUT2D eigenvalue weighted by atomic mass is 35.5. The number of anilines is 1. The summed E-state index contributed by atoms with van der Waals surface area (Å²) in [6.45, 7) is 2.23. The molecular weight excluding hydrogens is 288 g/mol. The fourth-order valence-electron chi connectivity index (χ4n) is 2.89. The highest BCUT2D eigenvalue weighted by Crippen LogP contribution is 2.38. The lowest BCUT2D eigenvalue weighted by molar-refractivity contribution is -0.139. The summed E-state index contributed by atoms with van der Waals surface area (Å²) in [7, 11) is 0. The van der Waals surface area contributed by atoms with Crippen molar-refractivity contribution in [3.05, 3.63) is 40.9 Å². The Hall–Kier alpha value is -1.81. The molecule has 2 atom stereocenters. The first-order valence-corrected chi connectivity index (χ1v) is 7.44. The molecular formula is C16H17ClN2O2. The molecule has 1 fully saturated rings. The molecule has 1 aliphatic heterocycles. The van der Waals surface area contributed by atoms with E-state index in [1.165, 1.54) is 10.5 Å². The van der Waals surface area contributed by atoms with E-state index < -0.39 is 0 Å². The van der Waals surface area contributed by atoms with E-state index in [2.05, 4.69) is 5.32 Å². The first kappa shape index (κ1) is 14.1. The van der Waals surface area contributed by atoms with Crippen LogP contribution in [0.3, 0.4) is 0 Å². The highest BCUT2D eigenvalue weighted by molar-refractivity contribution is 6.30. The Balaban J connectivity index is 1.68. The van der Waals surface area contributed by atoms with E-state index in [1.54, 1.807) is 0 Å². The molecule has 1 aromatic carbocycles. The number of hydrogen-bond donors (Lipinski definition) is 1. The second-order valence-electron chi connectivity index (χ2n) is 5.61. The third kappa shape index (κ3) is 2.68. The summed E-state index contributed by atoms with van der Waals surface area (Å²) >= 11 is 6.00. The Morgan fingerprint density at radius 1 is 1.19 bits per heavy atom. The molecule has 21 heavy (non-hydrogen) atoms. The number of aryl methyl sites for hydroxylation is 1. The van der Waals surface area contributed by atoms with Crippen LogP contribution in [0.25, 0.3) is 0 Å². The maximum Gasteiger partial charge on any atom is 0.234 e. The van der Waals surface area contributed by atoms with Gasteiger partial charge in [0.05, 0.1) is 18.5 Å². The molecule has 0 spiro atoms. The van der Waals surface area contributed by atoms with Crippen LogP contribution in [0, 0.1) is 18.8 Å². The van der Waals surface area contributed by atoms with Gasteiger partial charge in [0.25, 0.3) is 0 Å². The lowest BCUT2D eigenvalue weighted by atomic mass is 9.85. The van der Waals surface area contributed by atoms with E-state index in [-0.39, 0.29) is 30.3 Å². The van der Waals surface area contributed by atoms with Crippen molar-refractivity contribution in [2.75, 3.05) is 12.0 Å². The van der Waals surface area contributed by atoms with E-state index >= 15 is 0 Å². The average molecular weight is 305 g/mol. The number of fused-ring (bicyclic) bond motifs is 1. The number of nitrogens with one attached hydrogen (secondary N) is 1. The van der Waals surface area contributed by atoms with Gasteiger partial charge in [-0.15, -0.1) is 0 Å². The number of nitrogens with zero attached hydrogens (tertiary/aromatic N) is 1. The molecule has 110 valence electrons. The zero-order chi connectivity index (χ0) is 15.0. The van der Waals surface area contributed by atoms with Gasteiger partial charge in [-0.1, -0.05) is 35.4 Å². The van der Waals surface area contributed by atoms with Crippen LogP contribution in [0.4, 0.5) is 5.69 Å². The maximum atomic E-state index is 12.4. The Morgan fingerprint density at radius 2 is 1.86 bits per heavy atom. The van der Waals surface area contributed by atoms with Gasteiger partial charge in [-0.25, -0.2) is 0 Å². The van der Waals surface area contributed by atoms with Crippen LogP contribution in [0.15, 0.2) is 35.4 Å². The lowest BCUT2D eigenvalue weighted by Gasteiger charge is -2.17. The van der Waals surface area contributed by atoms with Crippen LogP contribution in [0.5, 0.6) is 0 Å². The topological polar surface area (TPSA) is 49.4 Å². The van der Waals surface area contributed by atoms with Gasteiger partial charge in [0.2, 0.25) is 11.8 Å². The molecule has 1 aliphatic carbocycles. The molecule has 1 heterocycles. The fraction of sp³-hybridized carbons (Fsp3) is 0.375. The minimum absolute atomic E-state index is 0.0926. The fourth-order valence-corrected chi connectivity index (χ4v) is 3.15. The van der Waals surface area contributed by atoms with Crippen molar-refractivity contribution in [3.8, 4) is 0 Å². The Kier molecular flexibility index (Phi) is 3.72. The maximum absolute atomic E-state index is 12.4. The van der Waals surface area contributed by atoms with Crippen molar-refractivity contribution >= 4 is 29.1 Å². The Morgan fingerprint density at radius 3 is 2.57 bits per heavy atom. The molecule has 0 radical (unpaired) electrons. The molecule has 4 nitrogen and oxygen atoms in total. The van der Waals surface area contributed by atoms with E-state index in [4.69, 9.17) is 11.6 Å². The number of amides is 2. The minimum Gasteiger partial charge on any atom is -0.367 e. The predicted molar refractivity (Wildman–Crippen MR) is 81.7 cm³/mol. The average Bonchev–Trinajstić information content (AvgIpc) is 2.70. The number of likely N-dealkylation sites (tertiary alicyclic amines) is 1. The van der Waals surface area contributed by atoms with Crippen molar-refractivity contribution in [1.29, 1.82) is 0 Å². The van der Waals surface area contributed by atoms with Crippen molar-refractivity contribution in [1.82, 2.24) is 4.90 Å². The third-order valence-electron chi connectivity index (χ3n) is 4.15. The highest BCUT2D eigenvalue weighted by Gasteiger charge is 2.48. The van der Waals surface area contributed by atoms with Crippen LogP contribution in [-0.4, -0.2) is 23.4 Å². The molecule has 0 bridgehead atoms. The van der Waals surface area contributed by atoms with E-state index in [0.29, 0.717) is 17.9 Å². The summed E-state index contributed by atoms with van der Waals surface area (Å²) in [5.74, 6) is -0.726. The molecule has 5 heteroatoms. The number of halogens is 1. The summed E-state index contributed by atoms with van der Waals surface area (Å²) < 4.78 is 0. The SMILES string of the molecule is Cc1ccc(NCN2C(=O)[C@@H]3CC=C(Cl)C[C@H]3C2=O)cc1. The molecule has 2 amide bonds. The van der Waals surface area contributed by atoms with Crippen LogP contribution in [0.1, 0.15) is 18.4 Å². The van der Waals surface area contributed by atoms with Gasteiger partial charge < -0.3 is 5.32 Å². The molecule has 0 aromatic heterocycles. The van der Waals surface area contributed by atoms with Gasteiger partial charge in [0.15, 0.2) is 0 Å². The van der Waals surface area contributed by atoms with Gasteiger partial charge in [-0.3, -0.25) is 14.5 Å². The lowest BCUT2D eigenvalue weighted by Crippen LogP contribution is -2.35. The molecule has 0 saturated carbocycles. The van der Waals surface area contributed by atoms with Crippen molar-refractivity contribution in [2.45, 2.75) is 19.8 Å². The number of benzene rings is 1. The van der Waals surface area contributed by atoms with Crippen LogP contribution in [0.2, 0.25) is 0 Å². The van der Waals surface area contributed by atoms with Crippen molar-refractivity contribution in [2.24, 2.45) is 11.8 Å². The van der Waals surface area contributed by atoms with Crippen LogP contribution >= 0.6 is 11.6 Å². The Bertz CT molecular complexity index is 609. The second kappa shape index (κ2) is 5.53. The number of rotatable bonds is 3. The first-order chi connectivity index (χ1) is 10.1. The number of carbonyl (C=O) groups excluding carboxylic acids is 2. The summed E-state index contributed by atoms with van der Waals surface area (Å²) in [4.78, 5) is 26.0. The van der Waals surface area contributed by atoms with Gasteiger partial charge in [0.1, 0.15) is 0 Å². The molecule has 1 N–H and O–H groups in total. The smallest absolute Gasteiger partial charge is 0.234 e. The van der Waals surface area contributed by atoms with E-state index in [1.807, 2.05) is 37.3 Å². The predicted octanol–water partition coefficient (Wildman–Crippen LogP) is 2.88. The normalized spacial score (nSPS) is 24.9. The van der Waals surface area contributed by atoms with Gasteiger partial charge in [-0.2, -0.15) is 0 Å². The number of hydrogen-bond acceptors (Lipinski definition) is 3. The van der Waals surface area contributed by atoms with E-state index in [0.717, 1.165) is 5.69 Å². The quantitative estimate of drug-likeness (QED) is 0.874. The first-order valence-electron chi connectivity index (χ1n) is 7.06. The summed E-state index contributed by atoms with van der Waals surface area (Å²) in [5, 5.41) is 3.82. The number of carbonyl (C=O) groups is 2. The van der Waals surface area contributed by atoms with Crippen molar-refractivity contribution < 1.29 is 9.59 Å². The zero-order valence-corrected chi connectivity index (χ0v) is 12.6. The number of imide groups is 1. The van der Waals surface area contributed by atoms with Crippen LogP contribution < -0.4 is 5.32 Å². The minimum atomic E-state index is -0.283. The summed E-state index contributed by atoms with van der Waals surface area (Å²) in [6.07, 6.45) is 2.90. The summed E-state index contributed by atoms with van der Waals surface area (Å²) in [5.41, 5.74) is 2.06.